The second-order valence-corrected chi connectivity index (χ2v) is 7.87. The summed E-state index contributed by atoms with van der Waals surface area (Å²) in [6.07, 6.45) is 0.561. The number of benzene rings is 2. The number of ether oxygens (including phenoxy) is 1. The second-order valence-electron chi connectivity index (χ2n) is 7.87. The Bertz CT molecular complexity index is 1090. The molecule has 0 fully saturated rings. The van der Waals surface area contributed by atoms with Crippen LogP contribution in [0.15, 0.2) is 66.9 Å². The van der Waals surface area contributed by atoms with E-state index in [-0.39, 0.29) is 17.9 Å². The summed E-state index contributed by atoms with van der Waals surface area (Å²) >= 11 is 0. The van der Waals surface area contributed by atoms with E-state index in [0.29, 0.717) is 11.4 Å². The molecule has 0 saturated heterocycles. The van der Waals surface area contributed by atoms with Gasteiger partial charge in [-0.25, -0.2) is 13.6 Å². The Balaban J connectivity index is 1.82. The third-order valence-corrected chi connectivity index (χ3v) is 4.99. The third-order valence-electron chi connectivity index (χ3n) is 4.99. The van der Waals surface area contributed by atoms with E-state index in [1.807, 2.05) is 19.9 Å². The Labute approximate surface area is 191 Å². The molecule has 0 aliphatic carbocycles. The summed E-state index contributed by atoms with van der Waals surface area (Å²) in [5.74, 6) is -1.52. The molecule has 0 spiro atoms. The van der Waals surface area contributed by atoms with Gasteiger partial charge in [0.25, 0.3) is 0 Å². The summed E-state index contributed by atoms with van der Waals surface area (Å²) in [5, 5.41) is 2.52. The van der Waals surface area contributed by atoms with Crippen LogP contribution >= 0.6 is 0 Å². The Morgan fingerprint density at radius 2 is 1.70 bits per heavy atom. The fraction of sp³-hybridized carbons (Fsp3) is 0.240. The number of carbonyl (C=O) groups excluding carboxylic acids is 2. The van der Waals surface area contributed by atoms with Crippen LogP contribution in [0.3, 0.4) is 0 Å². The molecule has 8 heteroatoms. The van der Waals surface area contributed by atoms with Crippen LogP contribution in [-0.4, -0.2) is 30.1 Å². The van der Waals surface area contributed by atoms with Crippen molar-refractivity contribution in [3.63, 3.8) is 0 Å². The highest BCUT2D eigenvalue weighted by molar-refractivity contribution is 5.98. The predicted molar refractivity (Wildman–Crippen MR) is 121 cm³/mol. The summed E-state index contributed by atoms with van der Waals surface area (Å²) in [6.45, 7) is 4.01. The number of likely N-dealkylation sites (N-methyl/N-ethyl adjacent to an activating group) is 1. The van der Waals surface area contributed by atoms with Crippen molar-refractivity contribution in [3.05, 3.63) is 89.8 Å². The average molecular weight is 453 g/mol. The number of nitrogens with one attached hydrogen (secondary N) is 1. The fourth-order valence-corrected chi connectivity index (χ4v) is 3.23. The molecule has 1 atom stereocenters. The Kier molecular flexibility index (Phi) is 7.71. The molecule has 0 bridgehead atoms. The van der Waals surface area contributed by atoms with Gasteiger partial charge in [-0.15, -0.1) is 0 Å². The number of aromatic nitrogens is 1. The summed E-state index contributed by atoms with van der Waals surface area (Å²) in [5.41, 5.74) is 1.60. The summed E-state index contributed by atoms with van der Waals surface area (Å²) in [4.78, 5) is 31.4. The molecule has 0 saturated carbocycles. The molecule has 33 heavy (non-hydrogen) atoms. The van der Waals surface area contributed by atoms with Crippen LogP contribution in [0.5, 0.6) is 5.75 Å². The van der Waals surface area contributed by atoms with Gasteiger partial charge in [0, 0.05) is 25.2 Å². The highest BCUT2D eigenvalue weighted by Crippen LogP contribution is 2.19. The van der Waals surface area contributed by atoms with E-state index in [1.165, 1.54) is 11.9 Å². The number of hydrogen-bond donors (Lipinski definition) is 1. The van der Waals surface area contributed by atoms with E-state index >= 15 is 0 Å². The molecular weight excluding hydrogens is 428 g/mol. The Hall–Kier alpha value is -3.81. The molecule has 2 amide bonds. The van der Waals surface area contributed by atoms with Gasteiger partial charge in [-0.1, -0.05) is 32.0 Å². The first-order chi connectivity index (χ1) is 15.7. The number of carbonyl (C=O) groups is 2. The first-order valence-corrected chi connectivity index (χ1v) is 10.4. The van der Waals surface area contributed by atoms with E-state index in [9.17, 15) is 18.4 Å². The van der Waals surface area contributed by atoms with Crippen LogP contribution in [0.4, 0.5) is 19.3 Å². The van der Waals surface area contributed by atoms with Crippen LogP contribution in [0.2, 0.25) is 0 Å². The van der Waals surface area contributed by atoms with Gasteiger partial charge in [-0.2, -0.15) is 0 Å². The zero-order valence-corrected chi connectivity index (χ0v) is 18.6. The van der Waals surface area contributed by atoms with Crippen LogP contribution in [0.25, 0.3) is 0 Å². The first kappa shape index (κ1) is 23.8. The predicted octanol–water partition coefficient (Wildman–Crippen LogP) is 4.85. The number of rotatable bonds is 7. The van der Waals surface area contributed by atoms with Crippen molar-refractivity contribution in [2.45, 2.75) is 32.2 Å². The van der Waals surface area contributed by atoms with Gasteiger partial charge >= 0.3 is 6.09 Å². The molecule has 3 rings (SSSR count). The third kappa shape index (κ3) is 6.58. The molecule has 0 aliphatic heterocycles. The molecule has 2 aromatic carbocycles. The summed E-state index contributed by atoms with van der Waals surface area (Å²) < 4.78 is 32.6. The quantitative estimate of drug-likeness (QED) is 0.555. The molecule has 1 aromatic heterocycles. The van der Waals surface area contributed by atoms with E-state index < -0.39 is 29.7 Å². The van der Waals surface area contributed by atoms with Gasteiger partial charge in [-0.05, 0) is 47.9 Å². The summed E-state index contributed by atoms with van der Waals surface area (Å²) in [7, 11) is 1.54. The van der Waals surface area contributed by atoms with E-state index in [2.05, 4.69) is 10.3 Å². The van der Waals surface area contributed by atoms with Gasteiger partial charge < -0.3 is 15.0 Å². The van der Waals surface area contributed by atoms with E-state index in [1.54, 1.807) is 42.6 Å². The maximum absolute atomic E-state index is 13.7. The average Bonchev–Trinajstić information content (AvgIpc) is 2.77. The van der Waals surface area contributed by atoms with Crippen molar-refractivity contribution in [2.24, 2.45) is 0 Å². The zero-order valence-electron chi connectivity index (χ0n) is 18.6. The summed E-state index contributed by atoms with van der Waals surface area (Å²) in [6, 6.07) is 13.7. The minimum absolute atomic E-state index is 0.140. The van der Waals surface area contributed by atoms with Crippen LogP contribution < -0.4 is 15.0 Å². The smallest absolute Gasteiger partial charge is 0.410 e. The van der Waals surface area contributed by atoms with Crippen molar-refractivity contribution in [2.75, 3.05) is 11.9 Å². The SMILES string of the molecule is CC(C)c1ccc(N(C)C(=O)C(Cc2cc(F)cc(F)c2)NC(=O)Oc2ccccc2)cn1. The molecule has 3 aromatic rings. The van der Waals surface area contributed by atoms with E-state index in [0.717, 1.165) is 23.9 Å². The van der Waals surface area contributed by atoms with Crippen molar-refractivity contribution in [1.82, 2.24) is 10.3 Å². The first-order valence-electron chi connectivity index (χ1n) is 10.4. The topological polar surface area (TPSA) is 71.5 Å². The number of anilines is 1. The zero-order chi connectivity index (χ0) is 24.0. The Morgan fingerprint density at radius 1 is 1.03 bits per heavy atom. The molecule has 1 N–H and O–H groups in total. The van der Waals surface area contributed by atoms with Crippen molar-refractivity contribution in [3.8, 4) is 5.75 Å². The lowest BCUT2D eigenvalue weighted by atomic mass is 10.0. The number of amides is 2. The highest BCUT2D eigenvalue weighted by atomic mass is 19.1. The molecular formula is C25H25F2N3O3. The second kappa shape index (κ2) is 10.7. The standard InChI is InChI=1S/C25H25F2N3O3/c1-16(2)22-10-9-20(15-28-22)30(3)24(31)23(13-17-11-18(26)14-19(27)12-17)29-25(32)33-21-7-5-4-6-8-21/h4-12,14-16,23H,13H2,1-3H3,(H,29,32). The largest absolute Gasteiger partial charge is 0.413 e. The minimum Gasteiger partial charge on any atom is -0.410 e. The lowest BCUT2D eigenvalue weighted by Crippen LogP contribution is -2.49. The van der Waals surface area contributed by atoms with Gasteiger partial charge in [0.2, 0.25) is 5.91 Å². The van der Waals surface area contributed by atoms with E-state index in [4.69, 9.17) is 4.74 Å². The van der Waals surface area contributed by atoms with Gasteiger partial charge in [0.05, 0.1) is 11.9 Å². The normalized spacial score (nSPS) is 11.7. The van der Waals surface area contributed by atoms with Crippen molar-refractivity contribution in [1.29, 1.82) is 0 Å². The van der Waals surface area contributed by atoms with Crippen LogP contribution in [0, 0.1) is 11.6 Å². The van der Waals surface area contributed by atoms with Crippen molar-refractivity contribution >= 4 is 17.7 Å². The molecule has 0 aliphatic rings. The highest BCUT2D eigenvalue weighted by Gasteiger charge is 2.27. The number of halogens is 2. The maximum atomic E-state index is 13.7. The lowest BCUT2D eigenvalue weighted by Gasteiger charge is -2.25. The number of pyridine rings is 1. The number of hydrogen-bond acceptors (Lipinski definition) is 4. The molecule has 172 valence electrons. The van der Waals surface area contributed by atoms with Gasteiger partial charge in [0.15, 0.2) is 0 Å². The monoisotopic (exact) mass is 453 g/mol. The van der Waals surface area contributed by atoms with Crippen LogP contribution in [-0.2, 0) is 11.2 Å². The van der Waals surface area contributed by atoms with Crippen molar-refractivity contribution < 1.29 is 23.1 Å². The molecule has 1 heterocycles. The van der Waals surface area contributed by atoms with Gasteiger partial charge in [0.1, 0.15) is 23.4 Å². The number of para-hydroxylation sites is 1. The van der Waals surface area contributed by atoms with Gasteiger partial charge in [-0.3, -0.25) is 9.78 Å². The Morgan fingerprint density at radius 3 is 2.27 bits per heavy atom. The van der Waals surface area contributed by atoms with Crippen LogP contribution in [0.1, 0.15) is 31.0 Å². The minimum atomic E-state index is -1.14. The lowest BCUT2D eigenvalue weighted by molar-refractivity contribution is -0.120. The molecule has 1 unspecified atom stereocenters. The molecule has 0 radical (unpaired) electrons. The molecule has 6 nitrogen and oxygen atoms in total. The number of nitrogens with zero attached hydrogens (tertiary/aromatic N) is 2. The fourth-order valence-electron chi connectivity index (χ4n) is 3.23. The maximum Gasteiger partial charge on any atom is 0.413 e.